The standard InChI is InChI=1S/C17H24N2O2S/c20-17(12-18-7-5-16-13(11-18)6-10-22-16)19-8-9-21-15-4-2-1-3-14(15)19/h6,10,14-15H,1-5,7-9,11-12H2/t14-,15+/m0/s1. The molecule has 1 aromatic heterocycles. The van der Waals surface area contributed by atoms with Crippen molar-refractivity contribution < 1.29 is 9.53 Å². The smallest absolute Gasteiger partial charge is 0.237 e. The van der Waals surface area contributed by atoms with Gasteiger partial charge in [0.05, 0.1) is 25.3 Å². The van der Waals surface area contributed by atoms with E-state index in [1.54, 1.807) is 0 Å². The molecule has 4 nitrogen and oxygen atoms in total. The zero-order valence-electron chi connectivity index (χ0n) is 13.0. The summed E-state index contributed by atoms with van der Waals surface area (Å²) in [5, 5.41) is 2.17. The summed E-state index contributed by atoms with van der Waals surface area (Å²) in [5.74, 6) is 0.305. The monoisotopic (exact) mass is 320 g/mol. The average Bonchev–Trinajstić information content (AvgIpc) is 3.02. The normalized spacial score (nSPS) is 29.0. The Bertz CT molecular complexity index is 543. The van der Waals surface area contributed by atoms with Crippen LogP contribution < -0.4 is 0 Å². The zero-order chi connectivity index (χ0) is 14.9. The number of amides is 1. The van der Waals surface area contributed by atoms with Crippen LogP contribution in [0, 0.1) is 0 Å². The molecular weight excluding hydrogens is 296 g/mol. The van der Waals surface area contributed by atoms with E-state index in [1.165, 1.54) is 23.3 Å². The summed E-state index contributed by atoms with van der Waals surface area (Å²) >= 11 is 1.85. The third-order valence-corrected chi connectivity index (χ3v) is 6.32. The number of hydrogen-bond acceptors (Lipinski definition) is 4. The number of morpholine rings is 1. The van der Waals surface area contributed by atoms with Gasteiger partial charge in [-0.2, -0.15) is 0 Å². The van der Waals surface area contributed by atoms with Crippen molar-refractivity contribution in [3.05, 3.63) is 21.9 Å². The number of ether oxygens (including phenoxy) is 1. The summed E-state index contributed by atoms with van der Waals surface area (Å²) in [6.45, 7) is 4.00. The van der Waals surface area contributed by atoms with Gasteiger partial charge in [-0.1, -0.05) is 12.8 Å². The second kappa shape index (κ2) is 6.30. The van der Waals surface area contributed by atoms with E-state index in [-0.39, 0.29) is 6.10 Å². The summed E-state index contributed by atoms with van der Waals surface area (Å²) < 4.78 is 5.88. The Kier molecular flexibility index (Phi) is 4.20. The fourth-order valence-corrected chi connectivity index (χ4v) is 5.02. The van der Waals surface area contributed by atoms with Crippen LogP contribution in [0.25, 0.3) is 0 Å². The number of carbonyl (C=O) groups is 1. The topological polar surface area (TPSA) is 32.8 Å². The number of thiophene rings is 1. The van der Waals surface area contributed by atoms with Crippen LogP contribution in [0.4, 0.5) is 0 Å². The number of carbonyl (C=O) groups excluding carboxylic acids is 1. The summed E-state index contributed by atoms with van der Waals surface area (Å²) in [7, 11) is 0. The molecule has 4 rings (SSSR count). The van der Waals surface area contributed by atoms with Crippen molar-refractivity contribution in [2.24, 2.45) is 0 Å². The van der Waals surface area contributed by atoms with Crippen molar-refractivity contribution in [1.29, 1.82) is 0 Å². The van der Waals surface area contributed by atoms with Gasteiger partial charge in [0, 0.05) is 24.5 Å². The van der Waals surface area contributed by atoms with Crippen molar-refractivity contribution in [2.45, 2.75) is 50.8 Å². The molecular formula is C17H24N2O2S. The highest BCUT2D eigenvalue weighted by Crippen LogP contribution is 2.29. The van der Waals surface area contributed by atoms with Crippen LogP contribution in [-0.2, 0) is 22.5 Å². The first-order valence-corrected chi connectivity index (χ1v) is 9.38. The van der Waals surface area contributed by atoms with Crippen molar-refractivity contribution >= 4 is 17.2 Å². The Balaban J connectivity index is 1.39. The molecule has 5 heteroatoms. The average molecular weight is 320 g/mol. The van der Waals surface area contributed by atoms with Gasteiger partial charge in [-0.15, -0.1) is 11.3 Å². The molecule has 0 spiro atoms. The van der Waals surface area contributed by atoms with E-state index in [1.807, 2.05) is 11.3 Å². The molecule has 22 heavy (non-hydrogen) atoms. The third kappa shape index (κ3) is 2.82. The number of nitrogens with zero attached hydrogens (tertiary/aromatic N) is 2. The van der Waals surface area contributed by atoms with Gasteiger partial charge in [0.2, 0.25) is 5.91 Å². The van der Waals surface area contributed by atoms with Crippen LogP contribution in [0.1, 0.15) is 36.1 Å². The van der Waals surface area contributed by atoms with Gasteiger partial charge in [-0.3, -0.25) is 9.69 Å². The van der Waals surface area contributed by atoms with E-state index < -0.39 is 0 Å². The zero-order valence-corrected chi connectivity index (χ0v) is 13.8. The van der Waals surface area contributed by atoms with E-state index >= 15 is 0 Å². The molecule has 3 heterocycles. The molecule has 0 unspecified atom stereocenters. The molecule has 0 N–H and O–H groups in total. The summed E-state index contributed by atoms with van der Waals surface area (Å²) in [4.78, 5) is 18.7. The van der Waals surface area contributed by atoms with Crippen LogP contribution in [0.5, 0.6) is 0 Å². The van der Waals surface area contributed by atoms with Crippen LogP contribution in [0.15, 0.2) is 11.4 Å². The number of rotatable bonds is 2. The third-order valence-electron chi connectivity index (χ3n) is 5.30. The fraction of sp³-hybridized carbons (Fsp3) is 0.706. The fourth-order valence-electron chi connectivity index (χ4n) is 4.13. The van der Waals surface area contributed by atoms with Gasteiger partial charge in [0.1, 0.15) is 0 Å². The van der Waals surface area contributed by atoms with Crippen LogP contribution in [-0.4, -0.2) is 54.1 Å². The highest BCUT2D eigenvalue weighted by Gasteiger charge is 2.37. The van der Waals surface area contributed by atoms with Gasteiger partial charge in [0.15, 0.2) is 0 Å². The van der Waals surface area contributed by atoms with Crippen molar-refractivity contribution in [1.82, 2.24) is 9.80 Å². The van der Waals surface area contributed by atoms with Crippen LogP contribution in [0.3, 0.4) is 0 Å². The molecule has 120 valence electrons. The largest absolute Gasteiger partial charge is 0.374 e. The molecule has 0 bridgehead atoms. The Labute approximate surface area is 136 Å². The van der Waals surface area contributed by atoms with Gasteiger partial charge >= 0.3 is 0 Å². The van der Waals surface area contributed by atoms with Crippen LogP contribution >= 0.6 is 11.3 Å². The maximum absolute atomic E-state index is 12.8. The summed E-state index contributed by atoms with van der Waals surface area (Å²) in [6, 6.07) is 2.54. The van der Waals surface area contributed by atoms with Crippen molar-refractivity contribution in [3.8, 4) is 0 Å². The first-order chi connectivity index (χ1) is 10.8. The Morgan fingerprint density at radius 2 is 2.23 bits per heavy atom. The van der Waals surface area contributed by atoms with E-state index in [4.69, 9.17) is 4.74 Å². The molecule has 0 aromatic carbocycles. The highest BCUT2D eigenvalue weighted by atomic mass is 32.1. The number of fused-ring (bicyclic) bond motifs is 2. The second-order valence-corrected chi connectivity index (χ2v) is 7.68. The van der Waals surface area contributed by atoms with Gasteiger partial charge < -0.3 is 9.64 Å². The van der Waals surface area contributed by atoms with Gasteiger partial charge in [0.25, 0.3) is 0 Å². The second-order valence-electron chi connectivity index (χ2n) is 6.68. The maximum Gasteiger partial charge on any atom is 0.237 e. The number of hydrogen-bond donors (Lipinski definition) is 0. The Morgan fingerprint density at radius 1 is 1.32 bits per heavy atom. The quantitative estimate of drug-likeness (QED) is 0.838. The molecule has 3 aliphatic rings. The minimum Gasteiger partial charge on any atom is -0.374 e. The van der Waals surface area contributed by atoms with Crippen molar-refractivity contribution in [3.63, 3.8) is 0 Å². The van der Waals surface area contributed by atoms with E-state index in [9.17, 15) is 4.79 Å². The molecule has 1 saturated heterocycles. The molecule has 1 amide bonds. The minimum absolute atomic E-state index is 0.288. The first kappa shape index (κ1) is 14.7. The molecule has 2 fully saturated rings. The Hall–Kier alpha value is -0.910. The van der Waals surface area contributed by atoms with E-state index in [2.05, 4.69) is 21.2 Å². The van der Waals surface area contributed by atoms with Gasteiger partial charge in [-0.05, 0) is 36.3 Å². The van der Waals surface area contributed by atoms with E-state index in [0.29, 0.717) is 25.1 Å². The van der Waals surface area contributed by atoms with Gasteiger partial charge in [-0.25, -0.2) is 0 Å². The minimum atomic E-state index is 0.288. The lowest BCUT2D eigenvalue weighted by atomic mass is 9.90. The SMILES string of the molecule is O=C(CN1CCc2sccc2C1)N1CCO[C@@H]2CCCC[C@@H]21. The van der Waals surface area contributed by atoms with Crippen molar-refractivity contribution in [2.75, 3.05) is 26.2 Å². The highest BCUT2D eigenvalue weighted by molar-refractivity contribution is 7.10. The molecule has 1 aromatic rings. The molecule has 1 saturated carbocycles. The van der Waals surface area contributed by atoms with E-state index in [0.717, 1.165) is 38.9 Å². The lowest BCUT2D eigenvalue weighted by molar-refractivity contribution is -0.150. The van der Waals surface area contributed by atoms with Crippen LogP contribution in [0.2, 0.25) is 0 Å². The molecule has 0 radical (unpaired) electrons. The predicted octanol–water partition coefficient (Wildman–Crippen LogP) is 2.28. The lowest BCUT2D eigenvalue weighted by Crippen LogP contribution is -2.56. The lowest BCUT2D eigenvalue weighted by Gasteiger charge is -2.44. The predicted molar refractivity (Wildman–Crippen MR) is 87.0 cm³/mol. The summed E-state index contributed by atoms with van der Waals surface area (Å²) in [6.07, 6.45) is 6.10. The first-order valence-electron chi connectivity index (χ1n) is 8.50. The molecule has 2 aliphatic heterocycles. The summed E-state index contributed by atoms with van der Waals surface area (Å²) in [5.41, 5.74) is 1.42. The maximum atomic E-state index is 12.8. The Morgan fingerprint density at radius 3 is 3.18 bits per heavy atom. The molecule has 1 aliphatic carbocycles. The molecule has 2 atom stereocenters.